The fourth-order valence-corrected chi connectivity index (χ4v) is 6.65. The van der Waals surface area contributed by atoms with Crippen LogP contribution in [0, 0.1) is 0 Å². The molecule has 0 saturated heterocycles. The quantitative estimate of drug-likeness (QED) is 0.164. The van der Waals surface area contributed by atoms with E-state index >= 15 is 0 Å². The van der Waals surface area contributed by atoms with Crippen LogP contribution in [0.25, 0.3) is 32.6 Å². The summed E-state index contributed by atoms with van der Waals surface area (Å²) in [5.74, 6) is 0.0245. The van der Waals surface area contributed by atoms with Crippen LogP contribution in [-0.4, -0.2) is 25.4 Å². The summed E-state index contributed by atoms with van der Waals surface area (Å²) in [5, 5.41) is 7.06. The number of nitrogens with zero attached hydrogens (tertiary/aromatic N) is 1. The predicted octanol–water partition coefficient (Wildman–Crippen LogP) is 7.23. The number of unbranched alkanes of at least 4 members (excludes halogenated alkanes) is 4. The molecule has 0 atom stereocenters. The highest BCUT2D eigenvalue weighted by molar-refractivity contribution is 7.89. The largest absolute Gasteiger partial charge is 0.341 e. The molecule has 0 spiro atoms. The third-order valence-corrected chi connectivity index (χ3v) is 8.80. The smallest absolute Gasteiger partial charge is 0.241 e. The van der Waals surface area contributed by atoms with Crippen LogP contribution in [0.4, 0.5) is 5.69 Å². The molecule has 1 heterocycles. The van der Waals surface area contributed by atoms with E-state index in [0.29, 0.717) is 17.9 Å². The SMILES string of the molecule is CCn1c2ccccc2c2cc(NC(=O)CCCCCCCNS(=O)(=O)c3cccc4ccccc34)ccc21. The molecule has 5 aromatic rings. The van der Waals surface area contributed by atoms with Crippen LogP contribution in [0.5, 0.6) is 0 Å². The monoisotopic (exact) mass is 541 g/mol. The molecule has 4 aromatic carbocycles. The topological polar surface area (TPSA) is 80.2 Å². The minimum atomic E-state index is -3.56. The Bertz CT molecular complexity index is 1720. The fraction of sp³-hybridized carbons (Fsp3) is 0.281. The summed E-state index contributed by atoms with van der Waals surface area (Å²) >= 11 is 0. The number of carbonyl (C=O) groups is 1. The van der Waals surface area contributed by atoms with Crippen molar-refractivity contribution in [2.75, 3.05) is 11.9 Å². The summed E-state index contributed by atoms with van der Waals surface area (Å²) in [4.78, 5) is 12.9. The zero-order valence-electron chi connectivity index (χ0n) is 22.3. The number of carbonyl (C=O) groups excluding carboxylic acids is 1. The summed E-state index contributed by atoms with van der Waals surface area (Å²) in [7, 11) is -3.56. The minimum Gasteiger partial charge on any atom is -0.341 e. The van der Waals surface area contributed by atoms with Crippen LogP contribution in [0.2, 0.25) is 0 Å². The van der Waals surface area contributed by atoms with Gasteiger partial charge in [-0.05, 0) is 55.5 Å². The maximum absolute atomic E-state index is 12.8. The molecule has 5 rings (SSSR count). The number of benzene rings is 4. The second-order valence-electron chi connectivity index (χ2n) is 9.93. The van der Waals surface area contributed by atoms with Gasteiger partial charge in [0.1, 0.15) is 0 Å². The van der Waals surface area contributed by atoms with Gasteiger partial charge < -0.3 is 9.88 Å². The number of nitrogens with one attached hydrogen (secondary N) is 2. The molecule has 0 fully saturated rings. The molecule has 2 N–H and O–H groups in total. The Morgan fingerprint density at radius 1 is 0.744 bits per heavy atom. The zero-order chi connectivity index (χ0) is 27.2. The molecule has 0 bridgehead atoms. The number of hydrogen-bond donors (Lipinski definition) is 2. The Morgan fingerprint density at radius 2 is 1.44 bits per heavy atom. The lowest BCUT2D eigenvalue weighted by Crippen LogP contribution is -2.25. The number of amides is 1. The molecule has 0 radical (unpaired) electrons. The first-order valence-corrected chi connectivity index (χ1v) is 15.2. The van der Waals surface area contributed by atoms with Crippen LogP contribution >= 0.6 is 0 Å². The van der Waals surface area contributed by atoms with Gasteiger partial charge in [-0.25, -0.2) is 13.1 Å². The van der Waals surface area contributed by atoms with Gasteiger partial charge in [0.05, 0.1) is 4.90 Å². The normalized spacial score (nSPS) is 11.9. The van der Waals surface area contributed by atoms with Crippen LogP contribution < -0.4 is 10.0 Å². The molecule has 39 heavy (non-hydrogen) atoms. The van der Waals surface area contributed by atoms with Gasteiger partial charge in [0.2, 0.25) is 15.9 Å². The van der Waals surface area contributed by atoms with Crippen molar-refractivity contribution >= 4 is 54.2 Å². The number of anilines is 1. The Balaban J connectivity index is 1.04. The molecular weight excluding hydrogens is 506 g/mol. The van der Waals surface area contributed by atoms with Crippen LogP contribution in [0.1, 0.15) is 45.4 Å². The van der Waals surface area contributed by atoms with E-state index in [-0.39, 0.29) is 5.91 Å². The van der Waals surface area contributed by atoms with E-state index in [9.17, 15) is 13.2 Å². The van der Waals surface area contributed by atoms with Crippen LogP contribution in [0.15, 0.2) is 89.8 Å². The van der Waals surface area contributed by atoms with Crippen molar-refractivity contribution in [2.24, 2.45) is 0 Å². The van der Waals surface area contributed by atoms with Gasteiger partial charge in [-0.2, -0.15) is 0 Å². The lowest BCUT2D eigenvalue weighted by atomic mass is 10.1. The molecule has 1 aromatic heterocycles. The zero-order valence-corrected chi connectivity index (χ0v) is 23.1. The second kappa shape index (κ2) is 12.0. The lowest BCUT2D eigenvalue weighted by molar-refractivity contribution is -0.116. The summed E-state index contributed by atoms with van der Waals surface area (Å²) in [6.45, 7) is 3.45. The highest BCUT2D eigenvalue weighted by Crippen LogP contribution is 2.31. The molecule has 0 aliphatic heterocycles. The predicted molar refractivity (Wildman–Crippen MR) is 161 cm³/mol. The molecule has 0 aliphatic carbocycles. The second-order valence-corrected chi connectivity index (χ2v) is 11.7. The minimum absolute atomic E-state index is 0.0245. The van der Waals surface area contributed by atoms with Crippen LogP contribution in [-0.2, 0) is 21.4 Å². The van der Waals surface area contributed by atoms with E-state index in [4.69, 9.17) is 0 Å². The fourth-order valence-electron chi connectivity index (χ4n) is 5.35. The van der Waals surface area contributed by atoms with Gasteiger partial charge in [0, 0.05) is 52.4 Å². The molecule has 1 amide bonds. The third-order valence-electron chi connectivity index (χ3n) is 7.28. The van der Waals surface area contributed by atoms with Crippen molar-refractivity contribution < 1.29 is 13.2 Å². The molecule has 202 valence electrons. The highest BCUT2D eigenvalue weighted by atomic mass is 32.2. The first-order chi connectivity index (χ1) is 19.0. The van der Waals surface area contributed by atoms with Gasteiger partial charge in [-0.15, -0.1) is 0 Å². The number of para-hydroxylation sites is 1. The van der Waals surface area contributed by atoms with Crippen molar-refractivity contribution in [1.82, 2.24) is 9.29 Å². The van der Waals surface area contributed by atoms with E-state index in [1.165, 1.54) is 16.4 Å². The number of aryl methyl sites for hydroxylation is 1. The maximum atomic E-state index is 12.8. The van der Waals surface area contributed by atoms with Gasteiger partial charge in [-0.1, -0.05) is 73.9 Å². The van der Waals surface area contributed by atoms with E-state index in [1.54, 1.807) is 12.1 Å². The van der Waals surface area contributed by atoms with Gasteiger partial charge in [0.25, 0.3) is 0 Å². The lowest BCUT2D eigenvalue weighted by Gasteiger charge is -2.09. The molecule has 0 unspecified atom stereocenters. The third kappa shape index (κ3) is 6.00. The van der Waals surface area contributed by atoms with E-state index in [1.807, 2.05) is 42.5 Å². The Hall–Kier alpha value is -3.68. The maximum Gasteiger partial charge on any atom is 0.241 e. The van der Waals surface area contributed by atoms with Gasteiger partial charge in [0.15, 0.2) is 0 Å². The summed E-state index contributed by atoms with van der Waals surface area (Å²) < 4.78 is 30.6. The summed E-state index contributed by atoms with van der Waals surface area (Å²) in [5.41, 5.74) is 3.21. The average molecular weight is 542 g/mol. The van der Waals surface area contributed by atoms with E-state index in [2.05, 4.69) is 51.9 Å². The number of sulfonamides is 1. The van der Waals surface area contributed by atoms with Crippen molar-refractivity contribution in [1.29, 1.82) is 0 Å². The van der Waals surface area contributed by atoms with Gasteiger partial charge >= 0.3 is 0 Å². The molecule has 0 saturated carbocycles. The van der Waals surface area contributed by atoms with E-state index in [0.717, 1.165) is 60.5 Å². The van der Waals surface area contributed by atoms with E-state index < -0.39 is 10.0 Å². The van der Waals surface area contributed by atoms with Crippen LogP contribution in [0.3, 0.4) is 0 Å². The summed E-state index contributed by atoms with van der Waals surface area (Å²) in [6.07, 6.45) is 4.87. The summed E-state index contributed by atoms with van der Waals surface area (Å²) in [6, 6.07) is 27.4. The van der Waals surface area contributed by atoms with Crippen molar-refractivity contribution in [3.8, 4) is 0 Å². The number of hydrogen-bond acceptors (Lipinski definition) is 3. The molecule has 7 heteroatoms. The van der Waals surface area contributed by atoms with Crippen molar-refractivity contribution in [3.63, 3.8) is 0 Å². The highest BCUT2D eigenvalue weighted by Gasteiger charge is 2.16. The Kier molecular flexibility index (Phi) is 8.29. The first kappa shape index (κ1) is 26.9. The van der Waals surface area contributed by atoms with Gasteiger partial charge in [-0.3, -0.25) is 4.79 Å². The Labute approximate surface area is 230 Å². The average Bonchev–Trinajstić information content (AvgIpc) is 3.27. The van der Waals surface area contributed by atoms with Crippen molar-refractivity contribution in [3.05, 3.63) is 84.9 Å². The Morgan fingerprint density at radius 3 is 2.28 bits per heavy atom. The first-order valence-electron chi connectivity index (χ1n) is 13.8. The van der Waals surface area contributed by atoms with Crippen molar-refractivity contribution in [2.45, 2.75) is 56.9 Å². The molecular formula is C32H35N3O3S. The molecule has 0 aliphatic rings. The number of fused-ring (bicyclic) bond motifs is 4. The number of rotatable bonds is 12. The standard InChI is InChI=1S/C32H35N3O3S/c1-2-35-29-17-10-9-16-27(29)28-23-25(20-21-30(28)35)34-32(36)19-6-4-3-5-11-22-33-39(37,38)31-18-12-14-24-13-7-8-15-26(24)31/h7-10,12-18,20-21,23,33H,2-6,11,19,22H2,1H3,(H,34,36). The molecule has 6 nitrogen and oxygen atoms in total. The number of aromatic nitrogens is 1.